The summed E-state index contributed by atoms with van der Waals surface area (Å²) < 4.78 is 0. The molecule has 0 saturated carbocycles. The van der Waals surface area contributed by atoms with Crippen molar-refractivity contribution in [1.82, 2.24) is 10.9 Å². The molecule has 52 valence electrons. The molecule has 4 N–H and O–H groups in total. The van der Waals surface area contributed by atoms with Gasteiger partial charge in [-0.2, -0.15) is 0 Å². The van der Waals surface area contributed by atoms with Crippen LogP contribution in [0.3, 0.4) is 0 Å². The van der Waals surface area contributed by atoms with E-state index in [2.05, 4.69) is 16.9 Å². The maximum atomic E-state index is 5.65. The van der Waals surface area contributed by atoms with Crippen LogP contribution in [0.25, 0.3) is 0 Å². The summed E-state index contributed by atoms with van der Waals surface area (Å²) in [5.41, 5.74) is 11.5. The molecule has 0 aliphatic carbocycles. The molecule has 1 rings (SSSR count). The highest BCUT2D eigenvalue weighted by atomic mass is 15.3. The Morgan fingerprint density at radius 2 is 2.56 bits per heavy atom. The molecule has 0 fully saturated rings. The van der Waals surface area contributed by atoms with Gasteiger partial charge in [0.05, 0.1) is 0 Å². The van der Waals surface area contributed by atoms with E-state index in [-0.39, 0.29) is 6.04 Å². The average Bonchev–Trinajstić information content (AvgIpc) is 1.90. The predicted molar refractivity (Wildman–Crippen MR) is 37.4 cm³/mol. The first kappa shape index (κ1) is 6.58. The molecule has 1 heterocycles. The highest BCUT2D eigenvalue weighted by Crippen LogP contribution is 2.02. The summed E-state index contributed by atoms with van der Waals surface area (Å²) in [5, 5.41) is 0. The molecule has 0 aromatic carbocycles. The molecule has 0 bridgehead atoms. The summed E-state index contributed by atoms with van der Waals surface area (Å²) in [7, 11) is 0. The topological polar surface area (TPSA) is 50.1 Å². The molecular formula is C6H13N3. The second-order valence-electron chi connectivity index (χ2n) is 2.41. The van der Waals surface area contributed by atoms with Crippen molar-refractivity contribution in [3.05, 3.63) is 12.3 Å². The maximum Gasteiger partial charge on any atom is 0.0226 e. The zero-order chi connectivity index (χ0) is 6.69. The third kappa shape index (κ3) is 1.69. The van der Waals surface area contributed by atoms with Gasteiger partial charge in [-0.05, 0) is 6.92 Å². The molecule has 3 heteroatoms. The third-order valence-corrected chi connectivity index (χ3v) is 1.54. The lowest BCUT2D eigenvalue weighted by molar-refractivity contribution is 0.442. The molecule has 0 amide bonds. The third-order valence-electron chi connectivity index (χ3n) is 1.54. The van der Waals surface area contributed by atoms with Crippen LogP contribution in [0.15, 0.2) is 12.3 Å². The van der Waals surface area contributed by atoms with Crippen LogP contribution in [-0.4, -0.2) is 12.6 Å². The van der Waals surface area contributed by atoms with Crippen LogP contribution < -0.4 is 16.6 Å². The van der Waals surface area contributed by atoms with Crippen LogP contribution in [0.4, 0.5) is 0 Å². The number of hydrogen-bond acceptors (Lipinski definition) is 3. The average molecular weight is 127 g/mol. The minimum Gasteiger partial charge on any atom is -0.329 e. The monoisotopic (exact) mass is 127 g/mol. The van der Waals surface area contributed by atoms with Crippen molar-refractivity contribution in [3.63, 3.8) is 0 Å². The molecule has 0 spiro atoms. The van der Waals surface area contributed by atoms with E-state index in [1.807, 2.05) is 13.1 Å². The van der Waals surface area contributed by atoms with Crippen LogP contribution >= 0.6 is 0 Å². The van der Waals surface area contributed by atoms with Gasteiger partial charge in [0.15, 0.2) is 0 Å². The number of nitrogens with one attached hydrogen (secondary N) is 2. The fraction of sp³-hybridized carbons (Fsp3) is 0.667. The molecule has 0 aromatic rings. The summed E-state index contributed by atoms with van der Waals surface area (Å²) in [6.07, 6.45) is 3.97. The van der Waals surface area contributed by atoms with Crippen LogP contribution in [0, 0.1) is 5.92 Å². The van der Waals surface area contributed by atoms with Gasteiger partial charge in [-0.1, -0.05) is 6.08 Å². The van der Waals surface area contributed by atoms with Crippen molar-refractivity contribution < 1.29 is 0 Å². The Balaban J connectivity index is 2.40. The standard InChI is InChI=1S/C6H13N3/c1-5(7)6-2-3-8-9-4-6/h2-3,5-6,8-9H,4,7H2,1H3. The lowest BCUT2D eigenvalue weighted by atomic mass is 10.0. The van der Waals surface area contributed by atoms with Crippen LogP contribution in [0.1, 0.15) is 6.92 Å². The van der Waals surface area contributed by atoms with Gasteiger partial charge in [0.2, 0.25) is 0 Å². The Hall–Kier alpha value is -0.540. The van der Waals surface area contributed by atoms with E-state index in [9.17, 15) is 0 Å². The Kier molecular flexibility index (Phi) is 2.08. The SMILES string of the molecule is CC(N)C1C=CNNC1. The number of hydrogen-bond donors (Lipinski definition) is 3. The first-order valence-corrected chi connectivity index (χ1v) is 3.21. The molecule has 1 aliphatic heterocycles. The van der Waals surface area contributed by atoms with Gasteiger partial charge in [0.25, 0.3) is 0 Å². The van der Waals surface area contributed by atoms with Gasteiger partial charge in [0.1, 0.15) is 0 Å². The van der Waals surface area contributed by atoms with Crippen LogP contribution in [-0.2, 0) is 0 Å². The van der Waals surface area contributed by atoms with Crippen molar-refractivity contribution in [2.75, 3.05) is 6.54 Å². The molecule has 0 radical (unpaired) electrons. The second-order valence-corrected chi connectivity index (χ2v) is 2.41. The first-order chi connectivity index (χ1) is 4.30. The number of rotatable bonds is 1. The normalized spacial score (nSPS) is 29.3. The fourth-order valence-corrected chi connectivity index (χ4v) is 0.837. The minimum atomic E-state index is 0.246. The molecule has 0 saturated heterocycles. The van der Waals surface area contributed by atoms with E-state index in [4.69, 9.17) is 5.73 Å². The van der Waals surface area contributed by atoms with Crippen molar-refractivity contribution in [2.45, 2.75) is 13.0 Å². The Morgan fingerprint density at radius 1 is 1.78 bits per heavy atom. The fourth-order valence-electron chi connectivity index (χ4n) is 0.837. The smallest absolute Gasteiger partial charge is 0.0226 e. The van der Waals surface area contributed by atoms with Gasteiger partial charge >= 0.3 is 0 Å². The van der Waals surface area contributed by atoms with Gasteiger partial charge in [0, 0.05) is 24.7 Å². The van der Waals surface area contributed by atoms with E-state index in [1.165, 1.54) is 0 Å². The number of nitrogens with two attached hydrogens (primary N) is 1. The Morgan fingerprint density at radius 3 is 2.89 bits per heavy atom. The van der Waals surface area contributed by atoms with E-state index in [1.54, 1.807) is 0 Å². The van der Waals surface area contributed by atoms with E-state index >= 15 is 0 Å². The quantitative estimate of drug-likeness (QED) is 0.448. The van der Waals surface area contributed by atoms with Crippen molar-refractivity contribution in [2.24, 2.45) is 11.7 Å². The van der Waals surface area contributed by atoms with Gasteiger partial charge in [-0.25, -0.2) is 5.43 Å². The molecular weight excluding hydrogens is 114 g/mol. The van der Waals surface area contributed by atoms with Crippen molar-refractivity contribution in [1.29, 1.82) is 0 Å². The Bertz CT molecular complexity index is 109. The zero-order valence-electron chi connectivity index (χ0n) is 5.59. The van der Waals surface area contributed by atoms with Crippen LogP contribution in [0.5, 0.6) is 0 Å². The molecule has 2 atom stereocenters. The molecule has 1 aliphatic rings. The summed E-state index contributed by atoms with van der Waals surface area (Å²) in [6.45, 7) is 2.94. The zero-order valence-corrected chi connectivity index (χ0v) is 5.59. The van der Waals surface area contributed by atoms with Gasteiger partial charge in [-0.3, -0.25) is 0 Å². The van der Waals surface area contributed by atoms with Gasteiger partial charge < -0.3 is 11.2 Å². The molecule has 9 heavy (non-hydrogen) atoms. The van der Waals surface area contributed by atoms with Crippen molar-refractivity contribution in [3.8, 4) is 0 Å². The predicted octanol–water partition coefficient (Wildman–Crippen LogP) is -0.429. The summed E-state index contributed by atoms with van der Waals surface area (Å²) in [6, 6.07) is 0.246. The largest absolute Gasteiger partial charge is 0.329 e. The lowest BCUT2D eigenvalue weighted by Crippen LogP contribution is -2.41. The first-order valence-electron chi connectivity index (χ1n) is 3.21. The highest BCUT2D eigenvalue weighted by Gasteiger charge is 2.10. The second kappa shape index (κ2) is 2.85. The summed E-state index contributed by atoms with van der Waals surface area (Å²) in [4.78, 5) is 0. The maximum absolute atomic E-state index is 5.65. The van der Waals surface area contributed by atoms with Gasteiger partial charge in [-0.15, -0.1) is 0 Å². The van der Waals surface area contributed by atoms with Crippen molar-refractivity contribution >= 4 is 0 Å². The van der Waals surface area contributed by atoms with Crippen LogP contribution in [0.2, 0.25) is 0 Å². The van der Waals surface area contributed by atoms with E-state index in [0.717, 1.165) is 6.54 Å². The molecule has 2 unspecified atom stereocenters. The van der Waals surface area contributed by atoms with E-state index < -0.39 is 0 Å². The Labute approximate surface area is 55.3 Å². The summed E-state index contributed by atoms with van der Waals surface area (Å²) in [5.74, 6) is 0.478. The molecule has 3 nitrogen and oxygen atoms in total. The lowest BCUT2D eigenvalue weighted by Gasteiger charge is -2.21. The number of hydrazine groups is 1. The highest BCUT2D eigenvalue weighted by molar-refractivity contribution is 4.94. The molecule has 0 aromatic heterocycles. The minimum absolute atomic E-state index is 0.246. The van der Waals surface area contributed by atoms with E-state index in [0.29, 0.717) is 5.92 Å². The summed E-state index contributed by atoms with van der Waals surface area (Å²) >= 11 is 0.